The summed E-state index contributed by atoms with van der Waals surface area (Å²) >= 11 is 0. The molecule has 0 saturated heterocycles. The first-order valence-electron chi connectivity index (χ1n) is 39.8. The van der Waals surface area contributed by atoms with E-state index in [9.17, 15) is 14.4 Å². The van der Waals surface area contributed by atoms with E-state index in [2.05, 4.69) is 505 Å². The number of hydrogen-bond acceptors (Lipinski definition) is 8. The van der Waals surface area contributed by atoms with Crippen LogP contribution in [0, 0.1) is 389 Å². The average Bonchev–Trinajstić information content (AvgIpc) is 0.876. The van der Waals surface area contributed by atoms with Gasteiger partial charge in [0.05, 0.1) is 6.61 Å². The fraction of sp³-hybridized carbons (Fsp3) is 0.303. The fourth-order valence-corrected chi connectivity index (χ4v) is 7.42. The quantitative estimate of drug-likeness (QED) is 0.0445. The topological polar surface area (TPSA) is 127 Å². The Morgan fingerprint density at radius 3 is 0.822 bits per heavy atom. The second kappa shape index (κ2) is 70.8. The number of carbonyl (C=O) groups is 3. The van der Waals surface area contributed by atoms with Gasteiger partial charge in [-0.1, -0.05) is 120 Å². The van der Waals surface area contributed by atoms with Gasteiger partial charge in [0.25, 0.3) is 11.8 Å². The van der Waals surface area contributed by atoms with Crippen LogP contribution >= 0.6 is 0 Å². The molecule has 0 bridgehead atoms. The molecule has 0 fully saturated rings. The van der Waals surface area contributed by atoms with Gasteiger partial charge in [-0.2, -0.15) is 0 Å². The largest absolute Gasteiger partial charge is 0.492 e. The van der Waals surface area contributed by atoms with E-state index in [1.54, 1.807) is 31.2 Å². The number of terminal acetylenes is 1. The van der Waals surface area contributed by atoms with Crippen LogP contribution in [0.25, 0.3) is 0 Å². The number of Topliss-reactive ketones (excluding diaryl/α,β-unsaturated/α-hetero) is 1. The molecule has 0 unspecified atom stereocenters. The van der Waals surface area contributed by atoms with Crippen molar-refractivity contribution in [2.75, 3.05) is 53.6 Å². The molecule has 3 rings (SSSR count). The molecular weight excluding hydrogens is 1580 g/mol. The summed E-state index contributed by atoms with van der Waals surface area (Å²) in [5, 5.41) is 12.2. The molecule has 0 aliphatic heterocycles. The smallest absolute Gasteiger partial charge is 0.251 e. The molecule has 0 saturated carbocycles. The van der Waals surface area contributed by atoms with Crippen molar-refractivity contribution >= 4 is 17.6 Å². The standard InChI is InChI=1S/C63H4.C20H34N2O3.C19H30O.C17H28N2O2/c1-3-5-7-9-11-13-15-17-19-21-23-25-27-29-31-33-35-37-39-41-43-45-47-49-51-53-55-57-59-61-63-62-60-58-56-54-52-50-48-46-44-42-40-38-36-34-32-30-28-26-24-22-20-18-16-14-12-10-8-6-4-2;1-19(2,3)11-13-24-14-12-22-18(23)16-7-9-17(10-8-16)25-15-20(4,5)21-6;1-7-19(5,6)13-12-17(20)16-10-8-15(9-11-16)14-18(2,3)4;1-16(2,3)11-19-15(20)13-7-9-14(10-8-13)21-12-17(4,5)18-6/h1H,2H3;7-10,21H,11-15H2,1-6H3,(H,22,23);8-11H,7,12-14H2,1-6H3;7-10,18H,11-12H2,1-6H3,(H,19,20). The van der Waals surface area contributed by atoms with E-state index in [0.717, 1.165) is 42.7 Å². The van der Waals surface area contributed by atoms with Crippen LogP contribution in [0.5, 0.6) is 11.5 Å². The first-order chi connectivity index (χ1) is 61.8. The number of ether oxygens (including phenoxy) is 3. The number of benzene rings is 3. The van der Waals surface area contributed by atoms with Crippen LogP contribution in [0.15, 0.2) is 72.8 Å². The molecule has 0 radical (unpaired) electrons. The minimum atomic E-state index is -0.0958. The first kappa shape index (κ1) is 111. The van der Waals surface area contributed by atoms with Crippen molar-refractivity contribution in [3.8, 4) is 379 Å². The van der Waals surface area contributed by atoms with Gasteiger partial charge < -0.3 is 35.5 Å². The maximum atomic E-state index is 12.2. The van der Waals surface area contributed by atoms with Crippen LogP contribution < -0.4 is 30.7 Å². The molecule has 0 aromatic heterocycles. The van der Waals surface area contributed by atoms with Gasteiger partial charge in [0.15, 0.2) is 5.78 Å². The van der Waals surface area contributed by atoms with E-state index in [4.69, 9.17) is 20.6 Å². The van der Waals surface area contributed by atoms with Crippen LogP contribution in [0.3, 0.4) is 0 Å². The molecule has 3 aromatic rings. The lowest BCUT2D eigenvalue weighted by atomic mass is 9.83. The van der Waals surface area contributed by atoms with Gasteiger partial charge in [-0.15, -0.1) is 6.42 Å². The summed E-state index contributed by atoms with van der Waals surface area (Å²) in [6.45, 7) is 39.7. The third-order valence-corrected chi connectivity index (χ3v) is 14.9. The zero-order valence-electron chi connectivity index (χ0n) is 76.7. The summed E-state index contributed by atoms with van der Waals surface area (Å²) in [6.07, 6.45) is 9.73. The summed E-state index contributed by atoms with van der Waals surface area (Å²) in [5.74, 6) is 154. The molecular formula is C119H96N4O6. The Labute approximate surface area is 772 Å². The third-order valence-electron chi connectivity index (χ3n) is 14.9. The molecule has 10 heteroatoms. The fourth-order valence-electron chi connectivity index (χ4n) is 7.42. The Morgan fingerprint density at radius 2 is 0.581 bits per heavy atom. The number of hydrogen-bond donors (Lipinski definition) is 4. The highest BCUT2D eigenvalue weighted by Crippen LogP contribution is 2.28. The van der Waals surface area contributed by atoms with Gasteiger partial charge in [0, 0.05) is 314 Å². The van der Waals surface area contributed by atoms with E-state index in [1.165, 1.54) is 5.56 Å². The molecule has 0 aliphatic rings. The van der Waals surface area contributed by atoms with Crippen LogP contribution in [0.4, 0.5) is 0 Å². The zero-order valence-corrected chi connectivity index (χ0v) is 76.7. The Morgan fingerprint density at radius 1 is 0.318 bits per heavy atom. The van der Waals surface area contributed by atoms with E-state index in [-0.39, 0.29) is 50.3 Å². The predicted octanol–water partition coefficient (Wildman–Crippen LogP) is 12.5. The number of carbonyl (C=O) groups excluding carboxylic acids is 3. The van der Waals surface area contributed by atoms with Crippen LogP contribution in [0.2, 0.25) is 0 Å². The SMILES string of the molecule is C#CC#CC#CC#CC#CC#CC#CC#CC#CC#CC#CC#CC#CC#CC#CC#CC#CC#CC#CC#CC#CC#CC#CC#CC#CC#CC#CC#CC#CC#CC#CC.CCC(C)(C)CCC(=O)c1ccc(CC(C)(C)C)cc1.CNC(C)(C)COc1ccc(C(=O)NCC(C)(C)C)cc1.CNC(C)(C)COc1ccc(C(=O)NCCOCCC(C)(C)C)cc1. The number of likely N-dealkylation sites (N-methyl/N-ethyl adjacent to an activating group) is 2. The summed E-state index contributed by atoms with van der Waals surface area (Å²) in [7, 11) is 3.82. The monoisotopic (exact) mass is 1680 g/mol. The lowest BCUT2D eigenvalue weighted by molar-refractivity contribution is 0.0883. The maximum absolute atomic E-state index is 12.2. The Balaban J connectivity index is 0.00000199. The highest BCUT2D eigenvalue weighted by atomic mass is 16.5. The lowest BCUT2D eigenvalue weighted by Gasteiger charge is -2.24. The second-order valence-corrected chi connectivity index (χ2v) is 31.0. The molecule has 2 amide bonds. The number of rotatable bonds is 22. The molecule has 0 atom stereocenters. The minimum absolute atomic E-state index is 0.0490. The van der Waals surface area contributed by atoms with E-state index >= 15 is 0 Å². The Hall–Kier alpha value is -17.9. The third kappa shape index (κ3) is 73.7. The zero-order chi connectivity index (χ0) is 95.5. The molecule has 129 heavy (non-hydrogen) atoms. The molecule has 0 heterocycles. The van der Waals surface area contributed by atoms with Crippen LogP contribution in [-0.2, 0) is 11.2 Å². The van der Waals surface area contributed by atoms with E-state index in [0.29, 0.717) is 57.1 Å². The number of ketones is 1. The highest BCUT2D eigenvalue weighted by molar-refractivity contribution is 5.96. The normalized spacial score (nSPS) is 8.17. The maximum Gasteiger partial charge on any atom is 0.251 e. The van der Waals surface area contributed by atoms with Crippen molar-refractivity contribution in [1.29, 1.82) is 0 Å². The molecule has 10 nitrogen and oxygen atoms in total. The molecule has 3 aromatic carbocycles. The summed E-state index contributed by atoms with van der Waals surface area (Å²) in [5.41, 5.74) is 4.17. The van der Waals surface area contributed by atoms with Gasteiger partial charge >= 0.3 is 0 Å². The molecule has 0 aliphatic carbocycles. The highest BCUT2D eigenvalue weighted by Gasteiger charge is 2.20. The van der Waals surface area contributed by atoms with E-state index < -0.39 is 0 Å². The first-order valence-corrected chi connectivity index (χ1v) is 39.8. The van der Waals surface area contributed by atoms with Gasteiger partial charge in [0.1, 0.15) is 24.7 Å². The molecule has 4 N–H and O–H groups in total. The summed E-state index contributed by atoms with van der Waals surface area (Å²) < 4.78 is 17.0. The number of nitrogens with one attached hydrogen (secondary N) is 4. The van der Waals surface area contributed by atoms with E-state index in [1.807, 2.05) is 50.5 Å². The van der Waals surface area contributed by atoms with Crippen molar-refractivity contribution in [3.63, 3.8) is 0 Å². The summed E-state index contributed by atoms with van der Waals surface area (Å²) in [6, 6.07) is 22.6. The second-order valence-electron chi connectivity index (χ2n) is 31.0. The Kier molecular flexibility index (Phi) is 60.9. The molecule has 628 valence electrons. The van der Waals surface area contributed by atoms with Crippen LogP contribution in [-0.4, -0.2) is 82.3 Å². The minimum Gasteiger partial charge on any atom is -0.492 e. The average molecular weight is 1680 g/mol. The van der Waals surface area contributed by atoms with Gasteiger partial charge in [-0.3, -0.25) is 14.4 Å². The van der Waals surface area contributed by atoms with Crippen molar-refractivity contribution in [2.24, 2.45) is 21.7 Å². The molecule has 0 spiro atoms. The lowest BCUT2D eigenvalue weighted by Crippen LogP contribution is -2.42. The van der Waals surface area contributed by atoms with Gasteiger partial charge in [0.2, 0.25) is 0 Å². The van der Waals surface area contributed by atoms with Gasteiger partial charge in [-0.25, -0.2) is 0 Å². The van der Waals surface area contributed by atoms with Crippen molar-refractivity contribution < 1.29 is 28.6 Å². The van der Waals surface area contributed by atoms with Crippen LogP contribution in [0.1, 0.15) is 180 Å². The predicted molar refractivity (Wildman–Crippen MR) is 524 cm³/mol. The number of amides is 2. The van der Waals surface area contributed by atoms with Crippen molar-refractivity contribution in [1.82, 2.24) is 21.3 Å². The van der Waals surface area contributed by atoms with Crippen molar-refractivity contribution in [2.45, 2.75) is 161 Å². The summed E-state index contributed by atoms with van der Waals surface area (Å²) in [4.78, 5) is 36.3. The Bertz CT molecular complexity index is 6650. The van der Waals surface area contributed by atoms with Crippen molar-refractivity contribution in [3.05, 3.63) is 95.1 Å². The van der Waals surface area contributed by atoms with Gasteiger partial charge in [-0.05, 0) is 238 Å².